The van der Waals surface area contributed by atoms with Crippen molar-refractivity contribution in [1.82, 2.24) is 10.2 Å². The molecule has 4 heteroatoms. The van der Waals surface area contributed by atoms with Gasteiger partial charge in [0.25, 0.3) is 0 Å². The third-order valence-electron chi connectivity index (χ3n) is 4.20. The molecule has 0 aromatic heterocycles. The van der Waals surface area contributed by atoms with E-state index in [4.69, 9.17) is 0 Å². The fourth-order valence-electron chi connectivity index (χ4n) is 2.82. The van der Waals surface area contributed by atoms with E-state index in [1.165, 1.54) is 12.1 Å². The van der Waals surface area contributed by atoms with Gasteiger partial charge < -0.3 is 10.2 Å². The molecule has 1 rings (SSSR count). The Hall–Kier alpha value is -1.42. The van der Waals surface area contributed by atoms with Crippen LogP contribution in [0.3, 0.4) is 0 Å². The maximum absolute atomic E-state index is 13.1. The molecule has 0 spiro atoms. The van der Waals surface area contributed by atoms with Crippen LogP contribution in [0.4, 0.5) is 4.39 Å². The highest BCUT2D eigenvalue weighted by molar-refractivity contribution is 5.76. The molecule has 1 unspecified atom stereocenters. The molecule has 0 aliphatic rings. The van der Waals surface area contributed by atoms with E-state index in [0.717, 1.165) is 24.9 Å². The van der Waals surface area contributed by atoms with Crippen molar-refractivity contribution in [3.05, 3.63) is 35.6 Å². The van der Waals surface area contributed by atoms with Crippen LogP contribution in [0.25, 0.3) is 0 Å². The van der Waals surface area contributed by atoms with E-state index in [1.54, 1.807) is 0 Å². The molecule has 1 aromatic carbocycles. The number of nitrogens with one attached hydrogen (secondary N) is 1. The van der Waals surface area contributed by atoms with E-state index in [0.29, 0.717) is 18.9 Å². The first-order chi connectivity index (χ1) is 10.5. The van der Waals surface area contributed by atoms with Crippen LogP contribution < -0.4 is 5.32 Å². The molecule has 124 valence electrons. The van der Waals surface area contributed by atoms with Crippen LogP contribution in [-0.2, 0) is 4.79 Å². The van der Waals surface area contributed by atoms with Gasteiger partial charge in [-0.1, -0.05) is 38.8 Å². The van der Waals surface area contributed by atoms with Crippen molar-refractivity contribution in [2.45, 2.75) is 39.0 Å². The zero-order valence-electron chi connectivity index (χ0n) is 14.2. The van der Waals surface area contributed by atoms with Crippen molar-refractivity contribution in [2.75, 3.05) is 27.2 Å². The first-order valence-electron chi connectivity index (χ1n) is 8.14. The molecule has 1 amide bonds. The lowest BCUT2D eigenvalue weighted by Crippen LogP contribution is -2.33. The Labute approximate surface area is 133 Å². The number of halogens is 1. The maximum Gasteiger partial charge on any atom is 0.220 e. The van der Waals surface area contributed by atoms with E-state index in [9.17, 15) is 9.18 Å². The summed E-state index contributed by atoms with van der Waals surface area (Å²) in [7, 11) is 3.97. The summed E-state index contributed by atoms with van der Waals surface area (Å²) in [6.45, 7) is 5.78. The van der Waals surface area contributed by atoms with Crippen molar-refractivity contribution in [3.63, 3.8) is 0 Å². The second kappa shape index (κ2) is 9.57. The molecule has 1 atom stereocenters. The lowest BCUT2D eigenvalue weighted by Gasteiger charge is -2.25. The Kier molecular flexibility index (Phi) is 8.10. The van der Waals surface area contributed by atoms with Gasteiger partial charge in [-0.25, -0.2) is 4.39 Å². The number of nitrogens with zero attached hydrogens (tertiary/aromatic N) is 1. The highest BCUT2D eigenvalue weighted by atomic mass is 19.1. The van der Waals surface area contributed by atoms with Crippen molar-refractivity contribution < 1.29 is 9.18 Å². The normalized spacial score (nSPS) is 12.7. The zero-order valence-corrected chi connectivity index (χ0v) is 14.2. The zero-order chi connectivity index (χ0) is 16.5. The molecule has 0 aliphatic heterocycles. The monoisotopic (exact) mass is 308 g/mol. The van der Waals surface area contributed by atoms with E-state index < -0.39 is 0 Å². The molecular weight excluding hydrogens is 279 g/mol. The van der Waals surface area contributed by atoms with Gasteiger partial charge in [0.15, 0.2) is 0 Å². The Morgan fingerprint density at radius 3 is 2.27 bits per heavy atom. The Balaban J connectivity index is 2.74. The van der Waals surface area contributed by atoms with Gasteiger partial charge in [0.05, 0.1) is 0 Å². The largest absolute Gasteiger partial charge is 0.355 e. The van der Waals surface area contributed by atoms with Crippen molar-refractivity contribution in [3.8, 4) is 0 Å². The minimum atomic E-state index is -0.234. The van der Waals surface area contributed by atoms with Crippen LogP contribution in [0.15, 0.2) is 24.3 Å². The van der Waals surface area contributed by atoms with Crippen molar-refractivity contribution in [2.24, 2.45) is 5.92 Å². The van der Waals surface area contributed by atoms with E-state index >= 15 is 0 Å². The van der Waals surface area contributed by atoms with Gasteiger partial charge in [-0.05, 0) is 43.6 Å². The van der Waals surface area contributed by atoms with Gasteiger partial charge in [-0.3, -0.25) is 4.79 Å². The van der Waals surface area contributed by atoms with Crippen LogP contribution >= 0.6 is 0 Å². The van der Waals surface area contributed by atoms with Gasteiger partial charge in [0.2, 0.25) is 5.91 Å². The van der Waals surface area contributed by atoms with Gasteiger partial charge in [-0.2, -0.15) is 0 Å². The fraction of sp³-hybridized carbons (Fsp3) is 0.611. The number of benzene rings is 1. The third-order valence-corrected chi connectivity index (χ3v) is 4.20. The van der Waals surface area contributed by atoms with Crippen LogP contribution in [0.2, 0.25) is 0 Å². The van der Waals surface area contributed by atoms with Gasteiger partial charge in [0, 0.05) is 19.5 Å². The summed E-state index contributed by atoms with van der Waals surface area (Å²) in [4.78, 5) is 14.2. The number of amides is 1. The summed E-state index contributed by atoms with van der Waals surface area (Å²) in [5.41, 5.74) is 1.05. The first-order valence-corrected chi connectivity index (χ1v) is 8.14. The quantitative estimate of drug-likeness (QED) is 0.758. The molecule has 0 saturated carbocycles. The van der Waals surface area contributed by atoms with E-state index in [2.05, 4.69) is 19.2 Å². The van der Waals surface area contributed by atoms with Crippen LogP contribution in [0.5, 0.6) is 0 Å². The SMILES string of the molecule is CCC(CC)C(CC(=O)NCCN(C)C)c1ccc(F)cc1. The number of rotatable bonds is 9. The molecule has 0 aliphatic carbocycles. The summed E-state index contributed by atoms with van der Waals surface area (Å²) >= 11 is 0. The molecule has 22 heavy (non-hydrogen) atoms. The van der Waals surface area contributed by atoms with Crippen LogP contribution in [0.1, 0.15) is 44.6 Å². The minimum Gasteiger partial charge on any atom is -0.355 e. The van der Waals surface area contributed by atoms with Crippen LogP contribution in [-0.4, -0.2) is 38.0 Å². The van der Waals surface area contributed by atoms with Crippen molar-refractivity contribution >= 4 is 5.91 Å². The lowest BCUT2D eigenvalue weighted by atomic mass is 9.80. The third kappa shape index (κ3) is 6.14. The molecule has 0 bridgehead atoms. The summed E-state index contributed by atoms with van der Waals surface area (Å²) in [5.74, 6) is 0.422. The molecule has 3 nitrogen and oxygen atoms in total. The molecule has 1 aromatic rings. The predicted molar refractivity (Wildman–Crippen MR) is 89.4 cm³/mol. The second-order valence-electron chi connectivity index (χ2n) is 6.09. The fourth-order valence-corrected chi connectivity index (χ4v) is 2.82. The lowest BCUT2D eigenvalue weighted by molar-refractivity contribution is -0.121. The average molecular weight is 308 g/mol. The predicted octanol–water partition coefficient (Wildman–Crippen LogP) is 3.41. The molecule has 0 radical (unpaired) electrons. The Bertz CT molecular complexity index is 441. The Morgan fingerprint density at radius 2 is 1.77 bits per heavy atom. The number of hydrogen-bond acceptors (Lipinski definition) is 2. The summed E-state index contributed by atoms with van der Waals surface area (Å²) in [6, 6.07) is 6.58. The van der Waals surface area contributed by atoms with Crippen molar-refractivity contribution in [1.29, 1.82) is 0 Å². The minimum absolute atomic E-state index is 0.0723. The van der Waals surface area contributed by atoms with E-state index in [1.807, 2.05) is 31.1 Å². The number of hydrogen-bond donors (Lipinski definition) is 1. The van der Waals surface area contributed by atoms with Gasteiger partial charge in [-0.15, -0.1) is 0 Å². The first kappa shape index (κ1) is 18.6. The Morgan fingerprint density at radius 1 is 1.18 bits per heavy atom. The molecule has 0 fully saturated rings. The highest BCUT2D eigenvalue weighted by Gasteiger charge is 2.23. The average Bonchev–Trinajstić information content (AvgIpc) is 2.48. The van der Waals surface area contributed by atoms with Crippen LogP contribution in [0, 0.1) is 11.7 Å². The molecule has 1 N–H and O–H groups in total. The topological polar surface area (TPSA) is 32.3 Å². The summed E-state index contributed by atoms with van der Waals surface area (Å²) < 4.78 is 13.1. The second-order valence-corrected chi connectivity index (χ2v) is 6.09. The maximum atomic E-state index is 13.1. The number of carbonyl (C=O) groups is 1. The number of likely N-dealkylation sites (N-methyl/N-ethyl adjacent to an activating group) is 1. The number of carbonyl (C=O) groups excluding carboxylic acids is 1. The summed E-state index contributed by atoms with van der Waals surface area (Å²) in [6.07, 6.45) is 2.50. The van der Waals surface area contributed by atoms with Gasteiger partial charge >= 0.3 is 0 Å². The summed E-state index contributed by atoms with van der Waals surface area (Å²) in [5, 5.41) is 2.97. The van der Waals surface area contributed by atoms with E-state index in [-0.39, 0.29) is 17.6 Å². The smallest absolute Gasteiger partial charge is 0.220 e. The molecule has 0 saturated heterocycles. The molecule has 0 heterocycles. The van der Waals surface area contributed by atoms with Gasteiger partial charge in [0.1, 0.15) is 5.82 Å². The molecular formula is C18H29FN2O. The standard InChI is InChI=1S/C18H29FN2O/c1-5-14(6-2)17(15-7-9-16(19)10-8-15)13-18(22)20-11-12-21(3)4/h7-10,14,17H,5-6,11-13H2,1-4H3,(H,20,22). The highest BCUT2D eigenvalue weighted by Crippen LogP contribution is 2.32.